The van der Waals surface area contributed by atoms with Gasteiger partial charge in [0, 0.05) is 6.42 Å². The van der Waals surface area contributed by atoms with E-state index in [1.165, 1.54) is 0 Å². The van der Waals surface area contributed by atoms with Crippen LogP contribution in [0.4, 0.5) is 0 Å². The minimum absolute atomic E-state index is 0.210. The molecule has 0 saturated heterocycles. The minimum atomic E-state index is -2.01. The molecule has 102 valence electrons. The summed E-state index contributed by atoms with van der Waals surface area (Å²) in [6.07, 6.45) is 0.210. The molecule has 19 heavy (non-hydrogen) atoms. The highest BCUT2D eigenvalue weighted by Crippen LogP contribution is 2.56. The van der Waals surface area contributed by atoms with Crippen molar-refractivity contribution < 1.29 is 0 Å². The maximum absolute atomic E-state index is 6.19. The van der Waals surface area contributed by atoms with Crippen LogP contribution in [0, 0.1) is 0 Å². The number of hydrogen-bond donors (Lipinski definition) is 0. The second-order valence-corrected chi connectivity index (χ2v) is 7.54. The van der Waals surface area contributed by atoms with Gasteiger partial charge in [0.2, 0.25) is 13.8 Å². The monoisotopic (exact) mass is 358 g/mol. The first-order valence-electron chi connectivity index (χ1n) is 5.11. The van der Waals surface area contributed by atoms with E-state index < -0.39 is 13.8 Å². The first kappa shape index (κ1) is 15.3. The summed E-state index contributed by atoms with van der Waals surface area (Å²) >= 11 is 29.8. The first-order chi connectivity index (χ1) is 8.79. The Hall–Kier alpha value is -0.130. The first-order valence-corrected chi connectivity index (χ1v) is 7.00. The molecule has 1 aromatic carbocycles. The minimum Gasteiger partial charge on any atom is -0.131 e. The molecule has 0 bridgehead atoms. The van der Waals surface area contributed by atoms with Gasteiger partial charge in [-0.1, -0.05) is 88.3 Å². The van der Waals surface area contributed by atoms with Crippen LogP contribution in [-0.4, -0.2) is 13.8 Å². The lowest BCUT2D eigenvalue weighted by Gasteiger charge is -2.37. The van der Waals surface area contributed by atoms with E-state index >= 15 is 0 Å². The standard InChI is InChI=1S/C10H7Cl5N4/c11-9(12,10(13,14)15)8(16-18-19-17-8)6-7-4-2-1-3-5-7/h1-5H,6H2. The van der Waals surface area contributed by atoms with E-state index in [1.54, 1.807) is 0 Å². The number of rotatable bonds is 3. The van der Waals surface area contributed by atoms with Gasteiger partial charge in [-0.15, -0.1) is 10.2 Å². The van der Waals surface area contributed by atoms with Crippen molar-refractivity contribution in [3.63, 3.8) is 0 Å². The number of nitrogens with zero attached hydrogens (tertiary/aromatic N) is 4. The van der Waals surface area contributed by atoms with Crippen molar-refractivity contribution in [1.29, 1.82) is 0 Å². The molecule has 9 heteroatoms. The highest BCUT2D eigenvalue weighted by atomic mass is 35.6. The van der Waals surface area contributed by atoms with Crippen LogP contribution in [0.1, 0.15) is 5.56 Å². The summed E-state index contributed by atoms with van der Waals surface area (Å²) in [5, 5.41) is 14.7. The molecule has 0 radical (unpaired) electrons. The largest absolute Gasteiger partial charge is 0.235 e. The molecule has 0 spiro atoms. The number of benzene rings is 1. The van der Waals surface area contributed by atoms with E-state index in [-0.39, 0.29) is 6.42 Å². The van der Waals surface area contributed by atoms with Gasteiger partial charge < -0.3 is 0 Å². The Morgan fingerprint density at radius 1 is 0.895 bits per heavy atom. The fraction of sp³-hybridized carbons (Fsp3) is 0.400. The van der Waals surface area contributed by atoms with Gasteiger partial charge in [0.15, 0.2) is 0 Å². The molecule has 1 heterocycles. The summed E-state index contributed by atoms with van der Waals surface area (Å²) in [5.74, 6) is 0. The van der Waals surface area contributed by atoms with Crippen LogP contribution in [0.2, 0.25) is 0 Å². The maximum Gasteiger partial charge on any atom is 0.235 e. The van der Waals surface area contributed by atoms with Gasteiger partial charge in [0.1, 0.15) is 0 Å². The number of hydrogen-bond acceptors (Lipinski definition) is 4. The normalized spacial score (nSPS) is 17.9. The van der Waals surface area contributed by atoms with E-state index in [0.717, 1.165) is 5.56 Å². The van der Waals surface area contributed by atoms with E-state index in [2.05, 4.69) is 20.7 Å². The number of alkyl halides is 5. The molecule has 0 fully saturated rings. The average molecular weight is 360 g/mol. The maximum atomic E-state index is 6.19. The van der Waals surface area contributed by atoms with Crippen LogP contribution in [0.5, 0.6) is 0 Å². The highest BCUT2D eigenvalue weighted by Gasteiger charge is 2.63. The third kappa shape index (κ3) is 2.83. The highest BCUT2D eigenvalue weighted by molar-refractivity contribution is 6.75. The molecule has 0 amide bonds. The average Bonchev–Trinajstić information content (AvgIpc) is 2.79. The Morgan fingerprint density at radius 3 is 1.89 bits per heavy atom. The molecule has 1 aliphatic heterocycles. The fourth-order valence-corrected chi connectivity index (χ4v) is 2.36. The second kappa shape index (κ2) is 5.34. The van der Waals surface area contributed by atoms with Crippen LogP contribution in [-0.2, 0) is 6.42 Å². The third-order valence-corrected chi connectivity index (χ3v) is 5.22. The van der Waals surface area contributed by atoms with E-state index in [1.807, 2.05) is 30.3 Å². The molecular weight excluding hydrogens is 353 g/mol. The van der Waals surface area contributed by atoms with Crippen molar-refractivity contribution >= 4 is 58.0 Å². The van der Waals surface area contributed by atoms with Crippen molar-refractivity contribution in [2.75, 3.05) is 0 Å². The third-order valence-electron chi connectivity index (χ3n) is 2.61. The molecular formula is C10H7Cl5N4. The van der Waals surface area contributed by atoms with Crippen LogP contribution in [0.25, 0.3) is 0 Å². The summed E-state index contributed by atoms with van der Waals surface area (Å²) in [4.78, 5) is 0. The van der Waals surface area contributed by atoms with E-state index in [4.69, 9.17) is 58.0 Å². The molecule has 0 saturated carbocycles. The van der Waals surface area contributed by atoms with Crippen LogP contribution in [0.3, 0.4) is 0 Å². The summed E-state index contributed by atoms with van der Waals surface area (Å²) in [6, 6.07) is 9.29. The van der Waals surface area contributed by atoms with Crippen molar-refractivity contribution in [3.8, 4) is 0 Å². The summed E-state index contributed by atoms with van der Waals surface area (Å²) in [7, 11) is 0. The summed E-state index contributed by atoms with van der Waals surface area (Å²) in [6.45, 7) is 0. The van der Waals surface area contributed by atoms with Crippen LogP contribution >= 0.6 is 58.0 Å². The smallest absolute Gasteiger partial charge is 0.131 e. The van der Waals surface area contributed by atoms with Crippen molar-refractivity contribution in [2.45, 2.75) is 20.2 Å². The molecule has 1 aliphatic rings. The Morgan fingerprint density at radius 2 is 1.42 bits per heavy atom. The zero-order valence-electron chi connectivity index (χ0n) is 9.27. The summed E-state index contributed by atoms with van der Waals surface area (Å²) < 4.78 is -3.92. The second-order valence-electron chi connectivity index (χ2n) is 3.93. The van der Waals surface area contributed by atoms with Gasteiger partial charge in [-0.25, -0.2) is 0 Å². The van der Waals surface area contributed by atoms with Gasteiger partial charge in [0.25, 0.3) is 0 Å². The fourth-order valence-electron chi connectivity index (χ4n) is 1.62. The van der Waals surface area contributed by atoms with Crippen LogP contribution < -0.4 is 0 Å². The van der Waals surface area contributed by atoms with Crippen molar-refractivity contribution in [3.05, 3.63) is 35.9 Å². The lowest BCUT2D eigenvalue weighted by Crippen LogP contribution is -2.52. The van der Waals surface area contributed by atoms with Gasteiger partial charge >= 0.3 is 0 Å². The Balaban J connectivity index is 2.40. The van der Waals surface area contributed by atoms with Gasteiger partial charge in [-0.2, -0.15) is 0 Å². The topological polar surface area (TPSA) is 49.4 Å². The predicted molar refractivity (Wildman–Crippen MR) is 77.3 cm³/mol. The predicted octanol–water partition coefficient (Wildman–Crippen LogP) is 5.30. The van der Waals surface area contributed by atoms with E-state index in [0.29, 0.717) is 0 Å². The van der Waals surface area contributed by atoms with Crippen molar-refractivity contribution in [2.24, 2.45) is 20.7 Å². The van der Waals surface area contributed by atoms with Gasteiger partial charge in [-0.3, -0.25) is 0 Å². The van der Waals surface area contributed by atoms with Gasteiger partial charge in [0.05, 0.1) is 0 Å². The summed E-state index contributed by atoms with van der Waals surface area (Å²) in [5.41, 5.74) is -0.606. The lowest BCUT2D eigenvalue weighted by molar-refractivity contribution is 0.386. The molecule has 0 aromatic heterocycles. The number of halogens is 5. The molecule has 4 nitrogen and oxygen atoms in total. The molecule has 0 atom stereocenters. The molecule has 0 aliphatic carbocycles. The molecule has 0 N–H and O–H groups in total. The Kier molecular flexibility index (Phi) is 4.29. The SMILES string of the molecule is ClC(Cl)(Cl)C(Cl)(Cl)C1(Cc2ccccc2)N=NN=N1. The molecule has 2 rings (SSSR count). The Bertz CT molecular complexity index is 496. The molecule has 0 unspecified atom stereocenters. The Labute approximate surface area is 134 Å². The lowest BCUT2D eigenvalue weighted by atomic mass is 9.97. The van der Waals surface area contributed by atoms with Crippen LogP contribution in [0.15, 0.2) is 51.0 Å². The zero-order valence-corrected chi connectivity index (χ0v) is 13.1. The quantitative estimate of drug-likeness (QED) is 0.657. The van der Waals surface area contributed by atoms with Gasteiger partial charge in [-0.05, 0) is 16.0 Å². The van der Waals surface area contributed by atoms with Crippen molar-refractivity contribution in [1.82, 2.24) is 0 Å². The van der Waals surface area contributed by atoms with E-state index in [9.17, 15) is 0 Å². The molecule has 1 aromatic rings. The zero-order chi connectivity index (χ0) is 14.1.